The Kier molecular flexibility index (Phi) is 9.39. The van der Waals surface area contributed by atoms with Crippen LogP contribution in [0.3, 0.4) is 0 Å². The van der Waals surface area contributed by atoms with E-state index in [-0.39, 0.29) is 40.1 Å². The molecule has 15 heteroatoms. The van der Waals surface area contributed by atoms with Crippen LogP contribution in [-0.2, 0) is 21.2 Å². The number of benzene rings is 1. The zero-order chi connectivity index (χ0) is 33.3. The lowest BCUT2D eigenvalue weighted by Gasteiger charge is -2.25. The predicted octanol–water partition coefficient (Wildman–Crippen LogP) is 5.03. The monoisotopic (exact) mass is 660 g/mol. The van der Waals surface area contributed by atoms with E-state index in [2.05, 4.69) is 32.1 Å². The zero-order valence-electron chi connectivity index (χ0n) is 25.2. The number of sulfonamides is 1. The van der Waals surface area contributed by atoms with E-state index in [1.807, 2.05) is 0 Å². The van der Waals surface area contributed by atoms with Crippen LogP contribution in [0, 0.1) is 23.5 Å². The minimum Gasteiger partial charge on any atom is -0.444 e. The molecule has 238 valence electrons. The molecule has 0 aliphatic carbocycles. The number of hydrogen-bond acceptors (Lipinski definition) is 8. The van der Waals surface area contributed by atoms with E-state index in [4.69, 9.17) is 21.3 Å². The second-order valence-corrected chi connectivity index (χ2v) is 13.9. The number of hydrogen-bond donors (Lipinski definition) is 3. The van der Waals surface area contributed by atoms with Gasteiger partial charge in [0.15, 0.2) is 5.65 Å². The van der Waals surface area contributed by atoms with Crippen molar-refractivity contribution in [2.45, 2.75) is 58.3 Å². The Bertz CT molecular complexity index is 1920. The summed E-state index contributed by atoms with van der Waals surface area (Å²) >= 11 is 6.42. The summed E-state index contributed by atoms with van der Waals surface area (Å²) in [4.78, 5) is 17.8. The molecule has 45 heavy (non-hydrogen) atoms. The van der Waals surface area contributed by atoms with Crippen LogP contribution in [0.1, 0.15) is 57.6 Å². The molecule has 1 aromatic carbocycles. The van der Waals surface area contributed by atoms with Gasteiger partial charge in [-0.1, -0.05) is 17.5 Å². The summed E-state index contributed by atoms with van der Waals surface area (Å²) in [7, 11) is -3.75. The van der Waals surface area contributed by atoms with Crippen LogP contribution in [-0.4, -0.2) is 56.7 Å². The molecule has 4 rings (SSSR count). The zero-order valence-corrected chi connectivity index (χ0v) is 26.8. The van der Waals surface area contributed by atoms with E-state index in [1.165, 1.54) is 24.3 Å². The molecule has 0 spiro atoms. The number of carbonyl (C=O) groups excluding carboxylic acids is 1. The first kappa shape index (κ1) is 33.6. The summed E-state index contributed by atoms with van der Waals surface area (Å²) in [5.74, 6) is 3.70. The lowest BCUT2D eigenvalue weighted by atomic mass is 9.95. The number of fused-ring (bicyclic) bond motifs is 1. The molecule has 0 aliphatic rings. The number of anilines is 1. The Balaban J connectivity index is 1.97. The number of aromatic nitrogens is 4. The Labute approximate surface area is 264 Å². The fourth-order valence-electron chi connectivity index (χ4n) is 4.29. The van der Waals surface area contributed by atoms with Crippen molar-refractivity contribution in [3.8, 4) is 23.0 Å². The molecular weight excluding hydrogens is 630 g/mol. The van der Waals surface area contributed by atoms with Gasteiger partial charge in [-0.05, 0) is 88.9 Å². The minimum absolute atomic E-state index is 0.0886. The van der Waals surface area contributed by atoms with E-state index in [9.17, 15) is 27.1 Å². The molecule has 1 amide bonds. The van der Waals surface area contributed by atoms with Crippen molar-refractivity contribution in [1.29, 1.82) is 0 Å². The number of nitrogens with zero attached hydrogens (tertiary/aromatic N) is 4. The fourth-order valence-corrected chi connectivity index (χ4v) is 4.98. The maximum Gasteiger partial charge on any atom is 0.408 e. The molecule has 0 fully saturated rings. The van der Waals surface area contributed by atoms with Crippen LogP contribution < -0.4 is 10.0 Å². The topological polar surface area (TPSA) is 148 Å². The third-order valence-electron chi connectivity index (χ3n) is 5.88. The van der Waals surface area contributed by atoms with Gasteiger partial charge in [0.2, 0.25) is 16.0 Å². The Morgan fingerprint density at radius 3 is 2.31 bits per heavy atom. The Hall–Kier alpha value is -4.32. The van der Waals surface area contributed by atoms with E-state index in [0.717, 1.165) is 24.5 Å². The average Bonchev–Trinajstić information content (AvgIpc) is 3.28. The lowest BCUT2D eigenvalue weighted by Crippen LogP contribution is -2.36. The predicted molar refractivity (Wildman–Crippen MR) is 165 cm³/mol. The molecule has 3 N–H and O–H groups in total. The number of aliphatic hydroxyl groups is 1. The quantitative estimate of drug-likeness (QED) is 0.185. The highest BCUT2D eigenvalue weighted by Gasteiger charge is 2.27. The van der Waals surface area contributed by atoms with Gasteiger partial charge in [-0.3, -0.25) is 4.72 Å². The number of rotatable bonds is 7. The van der Waals surface area contributed by atoms with Crippen molar-refractivity contribution in [2.24, 2.45) is 0 Å². The van der Waals surface area contributed by atoms with Gasteiger partial charge in [0.25, 0.3) is 0 Å². The number of alkyl carbamates (subject to hydrolysis) is 1. The highest BCUT2D eigenvalue weighted by Crippen LogP contribution is 2.34. The van der Waals surface area contributed by atoms with Crippen molar-refractivity contribution in [1.82, 2.24) is 24.9 Å². The van der Waals surface area contributed by atoms with Crippen LogP contribution in [0.5, 0.6) is 0 Å². The van der Waals surface area contributed by atoms with Crippen LogP contribution >= 0.6 is 11.6 Å². The maximum atomic E-state index is 14.2. The summed E-state index contributed by atoms with van der Waals surface area (Å²) in [5.41, 5.74) is -0.719. The molecular formula is C30H31ClF2N6O5S. The van der Waals surface area contributed by atoms with Gasteiger partial charge < -0.3 is 15.2 Å². The van der Waals surface area contributed by atoms with Crippen molar-refractivity contribution in [2.75, 3.05) is 11.0 Å². The molecule has 4 aromatic rings. The van der Waals surface area contributed by atoms with Gasteiger partial charge in [0.05, 0.1) is 18.0 Å². The Morgan fingerprint density at radius 2 is 1.71 bits per heavy atom. The minimum atomic E-state index is -3.75. The molecule has 1 atom stereocenters. The number of pyridine rings is 2. The second kappa shape index (κ2) is 12.6. The van der Waals surface area contributed by atoms with Gasteiger partial charge in [-0.15, -0.1) is 10.2 Å². The highest BCUT2D eigenvalue weighted by molar-refractivity contribution is 7.92. The van der Waals surface area contributed by atoms with Gasteiger partial charge in [0.1, 0.15) is 33.7 Å². The number of amides is 1. The molecule has 3 heterocycles. The first-order valence-electron chi connectivity index (χ1n) is 13.5. The standard InChI is InChI=1S/C30H31ClF2N6O5S/c1-29(2,3)44-28(40)35-23(15-17-13-18(32)16-19(33)14-17)25-21(8-7-20(34-25)11-12-30(4,5)41)22-9-10-24(31)39-26(22)36-37-27(39)38-45(6,42)43/h7-10,13-14,16,23,41H,15H2,1-6H3,(H,35,40)(H,37,38). The van der Waals surface area contributed by atoms with E-state index in [1.54, 1.807) is 39.0 Å². The van der Waals surface area contributed by atoms with Crippen molar-refractivity contribution >= 4 is 39.3 Å². The number of halogens is 3. The highest BCUT2D eigenvalue weighted by atomic mass is 35.5. The molecule has 11 nitrogen and oxygen atoms in total. The molecule has 0 saturated carbocycles. The Morgan fingerprint density at radius 1 is 1.07 bits per heavy atom. The maximum absolute atomic E-state index is 14.2. The molecule has 0 bridgehead atoms. The van der Waals surface area contributed by atoms with E-state index >= 15 is 0 Å². The van der Waals surface area contributed by atoms with Gasteiger partial charge in [0, 0.05) is 17.2 Å². The van der Waals surface area contributed by atoms with Gasteiger partial charge >= 0.3 is 6.09 Å². The number of nitrogens with one attached hydrogen (secondary N) is 2. The average molecular weight is 661 g/mol. The third-order valence-corrected chi connectivity index (χ3v) is 6.72. The van der Waals surface area contributed by atoms with Crippen molar-refractivity contribution < 1.29 is 31.8 Å². The van der Waals surface area contributed by atoms with Crippen molar-refractivity contribution in [3.63, 3.8) is 0 Å². The van der Waals surface area contributed by atoms with Crippen LogP contribution in [0.25, 0.3) is 16.8 Å². The molecule has 0 radical (unpaired) electrons. The summed E-state index contributed by atoms with van der Waals surface area (Å²) in [6.45, 7) is 8.03. The lowest BCUT2D eigenvalue weighted by molar-refractivity contribution is 0.0502. The SMILES string of the molecule is CC(C)(O)C#Cc1ccc(-c2ccc(Cl)n3c(NS(C)(=O)=O)nnc23)c(C(Cc2cc(F)cc(F)c2)NC(=O)OC(C)(C)C)n1. The third kappa shape index (κ3) is 9.10. The van der Waals surface area contributed by atoms with E-state index in [0.29, 0.717) is 11.1 Å². The molecule has 1 unspecified atom stereocenters. The van der Waals surface area contributed by atoms with Crippen molar-refractivity contribution in [3.05, 3.63) is 76.2 Å². The van der Waals surface area contributed by atoms with Crippen LogP contribution in [0.2, 0.25) is 5.15 Å². The molecule has 3 aromatic heterocycles. The fraction of sp³-hybridized carbons (Fsp3) is 0.333. The number of ether oxygens (including phenoxy) is 1. The number of carbonyl (C=O) groups is 1. The van der Waals surface area contributed by atoms with Gasteiger partial charge in [-0.25, -0.2) is 31.4 Å². The molecule has 0 saturated heterocycles. The largest absolute Gasteiger partial charge is 0.444 e. The van der Waals surface area contributed by atoms with Gasteiger partial charge in [-0.2, -0.15) is 0 Å². The second-order valence-electron chi connectivity index (χ2n) is 11.7. The summed E-state index contributed by atoms with van der Waals surface area (Å²) in [5, 5.41) is 21.1. The molecule has 0 aliphatic heterocycles. The smallest absolute Gasteiger partial charge is 0.408 e. The summed E-state index contributed by atoms with van der Waals surface area (Å²) in [6, 6.07) is 8.24. The van der Waals surface area contributed by atoms with E-state index < -0.39 is 45.0 Å². The van der Waals surface area contributed by atoms with Crippen LogP contribution in [0.15, 0.2) is 42.5 Å². The summed E-state index contributed by atoms with van der Waals surface area (Å²) < 4.78 is 61.4. The first-order chi connectivity index (χ1) is 20.8. The normalized spacial score (nSPS) is 12.8. The van der Waals surface area contributed by atoms with Crippen LogP contribution in [0.4, 0.5) is 19.5 Å². The first-order valence-corrected chi connectivity index (χ1v) is 15.8. The summed E-state index contributed by atoms with van der Waals surface area (Å²) in [6.07, 6.45) is -0.00881.